The maximum absolute atomic E-state index is 13.0. The van der Waals surface area contributed by atoms with Gasteiger partial charge in [-0.1, -0.05) is 0 Å². The standard InChI is InChI=1S/2C7H4Br3F/c8-5-1-4(3-11)2-6(9)7(5)10;1-3-2-4(8)7(11)6(10)5(3)9/h1-2H,3H2;2H,1H3. The molecule has 2 aromatic rings. The molecule has 0 aliphatic heterocycles. The van der Waals surface area contributed by atoms with Gasteiger partial charge in [-0.2, -0.15) is 0 Å². The Morgan fingerprint density at radius 1 is 0.773 bits per heavy atom. The second-order valence-electron chi connectivity index (χ2n) is 4.12. The topological polar surface area (TPSA) is 0 Å². The fourth-order valence-electron chi connectivity index (χ4n) is 1.38. The van der Waals surface area contributed by atoms with Crippen LogP contribution in [0.2, 0.25) is 0 Å². The van der Waals surface area contributed by atoms with Crippen LogP contribution >= 0.6 is 95.6 Å². The summed E-state index contributed by atoms with van der Waals surface area (Å²) in [6.45, 7) is 1.46. The van der Waals surface area contributed by atoms with Gasteiger partial charge in [-0.15, -0.1) is 0 Å². The summed E-state index contributed by atoms with van der Waals surface area (Å²) in [5.74, 6) is -0.275. The summed E-state index contributed by atoms with van der Waals surface area (Å²) in [7, 11) is 0. The Balaban J connectivity index is 0.000000220. The first-order chi connectivity index (χ1) is 10.2. The zero-order valence-corrected chi connectivity index (χ0v) is 20.5. The van der Waals surface area contributed by atoms with Gasteiger partial charge in [0.15, 0.2) is 5.82 Å². The normalized spacial score (nSPS) is 10.2. The molecule has 0 unspecified atom stereocenters. The van der Waals surface area contributed by atoms with Crippen molar-refractivity contribution < 1.29 is 8.78 Å². The molecule has 0 spiro atoms. The molecule has 0 aliphatic carbocycles. The number of hydrogen-bond acceptors (Lipinski definition) is 0. The molecule has 22 heavy (non-hydrogen) atoms. The zero-order valence-electron chi connectivity index (χ0n) is 11.0. The molecule has 0 N–H and O–H groups in total. The molecule has 0 radical (unpaired) electrons. The summed E-state index contributed by atoms with van der Waals surface area (Å²) < 4.78 is 29.5. The minimum atomic E-state index is -0.440. The van der Waals surface area contributed by atoms with Gasteiger partial charge in [-0.05, 0) is 132 Å². The SMILES string of the molecule is Cc1cc(Br)c(F)c(Br)c1Br.FCc1cc(Br)c(Br)c(Br)c1. The predicted octanol–water partition coefficient (Wildman–Crippen LogP) is 8.87. The highest BCUT2D eigenvalue weighted by Gasteiger charge is 2.10. The van der Waals surface area contributed by atoms with Gasteiger partial charge in [-0.25, -0.2) is 8.78 Å². The first kappa shape index (κ1) is 21.2. The van der Waals surface area contributed by atoms with E-state index >= 15 is 0 Å². The second kappa shape index (κ2) is 9.61. The van der Waals surface area contributed by atoms with Crippen LogP contribution in [0, 0.1) is 12.7 Å². The molecule has 2 aromatic carbocycles. The quantitative estimate of drug-likeness (QED) is 0.207. The molecule has 0 aromatic heterocycles. The van der Waals surface area contributed by atoms with Gasteiger partial charge >= 0.3 is 0 Å². The van der Waals surface area contributed by atoms with E-state index in [-0.39, 0.29) is 5.82 Å². The Morgan fingerprint density at radius 3 is 1.73 bits per heavy atom. The zero-order chi connectivity index (χ0) is 17.0. The number of halogens is 8. The summed E-state index contributed by atoms with van der Waals surface area (Å²) in [5.41, 5.74) is 1.65. The van der Waals surface area contributed by atoms with Gasteiger partial charge in [-0.3, -0.25) is 0 Å². The molecular weight excluding hydrogens is 686 g/mol. The molecule has 0 atom stereocenters. The highest BCUT2D eigenvalue weighted by Crippen LogP contribution is 2.34. The fraction of sp³-hybridized carbons (Fsp3) is 0.143. The van der Waals surface area contributed by atoms with Crippen LogP contribution in [0.4, 0.5) is 8.78 Å². The minimum Gasteiger partial charge on any atom is -0.246 e. The van der Waals surface area contributed by atoms with Gasteiger partial charge in [0.1, 0.15) is 6.67 Å². The summed E-state index contributed by atoms with van der Waals surface area (Å²) in [4.78, 5) is 0. The Bertz CT molecular complexity index is 638. The summed E-state index contributed by atoms with van der Waals surface area (Å²) in [6, 6.07) is 5.22. The minimum absolute atomic E-state index is 0.275. The van der Waals surface area contributed by atoms with Crippen molar-refractivity contribution in [3.8, 4) is 0 Å². The van der Waals surface area contributed by atoms with Crippen molar-refractivity contribution in [2.45, 2.75) is 13.6 Å². The average Bonchev–Trinajstić information content (AvgIpc) is 2.48. The van der Waals surface area contributed by atoms with Crippen molar-refractivity contribution in [2.75, 3.05) is 0 Å². The molecule has 0 amide bonds. The third-order valence-electron chi connectivity index (χ3n) is 2.48. The van der Waals surface area contributed by atoms with E-state index < -0.39 is 6.67 Å². The first-order valence-corrected chi connectivity index (χ1v) is 10.4. The largest absolute Gasteiger partial charge is 0.246 e. The Hall–Kier alpha value is 1.18. The van der Waals surface area contributed by atoms with E-state index in [2.05, 4.69) is 95.6 Å². The van der Waals surface area contributed by atoms with Gasteiger partial charge in [0.05, 0.1) is 8.95 Å². The van der Waals surface area contributed by atoms with E-state index in [0.717, 1.165) is 23.5 Å². The predicted molar refractivity (Wildman–Crippen MR) is 109 cm³/mol. The molecular formula is C14H8Br6F2. The Labute approximate surface area is 178 Å². The maximum atomic E-state index is 13.0. The molecule has 0 heterocycles. The van der Waals surface area contributed by atoms with Crippen LogP contribution in [0.1, 0.15) is 11.1 Å². The molecule has 120 valence electrons. The van der Waals surface area contributed by atoms with Crippen LogP contribution in [0.3, 0.4) is 0 Å². The van der Waals surface area contributed by atoms with Crippen LogP contribution in [-0.2, 0) is 6.67 Å². The number of hydrogen-bond donors (Lipinski definition) is 0. The maximum Gasteiger partial charge on any atom is 0.152 e. The van der Waals surface area contributed by atoms with Crippen LogP contribution in [-0.4, -0.2) is 0 Å². The van der Waals surface area contributed by atoms with E-state index in [0.29, 0.717) is 14.5 Å². The van der Waals surface area contributed by atoms with E-state index in [1.165, 1.54) is 0 Å². The summed E-state index contributed by atoms with van der Waals surface area (Å²) in [6.07, 6.45) is 0. The number of aryl methyl sites for hydroxylation is 1. The monoisotopic (exact) mass is 688 g/mol. The summed E-state index contributed by atoms with van der Waals surface area (Å²) >= 11 is 19.4. The lowest BCUT2D eigenvalue weighted by molar-refractivity contribution is 0.485. The van der Waals surface area contributed by atoms with E-state index in [1.807, 2.05) is 6.92 Å². The number of alkyl halides is 1. The molecule has 0 saturated heterocycles. The van der Waals surface area contributed by atoms with Crippen molar-refractivity contribution in [1.29, 1.82) is 0 Å². The van der Waals surface area contributed by atoms with Crippen molar-refractivity contribution >= 4 is 95.6 Å². The third kappa shape index (κ3) is 5.62. The third-order valence-corrected chi connectivity index (χ3v) is 8.53. The number of benzene rings is 2. The van der Waals surface area contributed by atoms with Crippen LogP contribution in [0.15, 0.2) is 45.0 Å². The highest BCUT2D eigenvalue weighted by atomic mass is 79.9. The molecule has 0 aliphatic rings. The Kier molecular flexibility index (Phi) is 9.27. The van der Waals surface area contributed by atoms with Crippen molar-refractivity contribution in [3.05, 3.63) is 62.0 Å². The lowest BCUT2D eigenvalue weighted by atomic mass is 10.2. The van der Waals surface area contributed by atoms with Gasteiger partial charge in [0, 0.05) is 17.9 Å². The fourth-order valence-corrected chi connectivity index (χ4v) is 4.51. The van der Waals surface area contributed by atoms with Crippen molar-refractivity contribution in [1.82, 2.24) is 0 Å². The highest BCUT2D eigenvalue weighted by molar-refractivity contribution is 9.14. The van der Waals surface area contributed by atoms with E-state index in [1.54, 1.807) is 18.2 Å². The van der Waals surface area contributed by atoms with Gasteiger partial charge in [0.25, 0.3) is 0 Å². The van der Waals surface area contributed by atoms with Crippen molar-refractivity contribution in [3.63, 3.8) is 0 Å². The summed E-state index contributed by atoms with van der Waals surface area (Å²) in [5, 5.41) is 0. The molecule has 0 bridgehead atoms. The number of rotatable bonds is 1. The molecule has 8 heteroatoms. The van der Waals surface area contributed by atoms with Crippen LogP contribution in [0.25, 0.3) is 0 Å². The molecule has 0 saturated carbocycles. The molecule has 0 fully saturated rings. The average molecular weight is 694 g/mol. The van der Waals surface area contributed by atoms with Gasteiger partial charge < -0.3 is 0 Å². The lowest BCUT2D eigenvalue weighted by Gasteiger charge is -2.03. The van der Waals surface area contributed by atoms with Crippen molar-refractivity contribution in [2.24, 2.45) is 0 Å². The van der Waals surface area contributed by atoms with Crippen LogP contribution < -0.4 is 0 Å². The van der Waals surface area contributed by atoms with Gasteiger partial charge in [0.2, 0.25) is 0 Å². The Morgan fingerprint density at radius 2 is 1.27 bits per heavy atom. The van der Waals surface area contributed by atoms with Crippen LogP contribution in [0.5, 0.6) is 0 Å². The smallest absolute Gasteiger partial charge is 0.152 e. The lowest BCUT2D eigenvalue weighted by Crippen LogP contribution is -1.85. The molecule has 0 nitrogen and oxygen atoms in total. The first-order valence-electron chi connectivity index (χ1n) is 5.68. The second-order valence-corrected chi connectivity index (χ2v) is 9.07. The van der Waals surface area contributed by atoms with E-state index in [9.17, 15) is 8.78 Å². The van der Waals surface area contributed by atoms with E-state index in [4.69, 9.17) is 0 Å². The molecule has 2 rings (SSSR count).